The van der Waals surface area contributed by atoms with Gasteiger partial charge in [-0.15, -0.1) is 0 Å². The lowest BCUT2D eigenvalue weighted by molar-refractivity contribution is 0.128. The van der Waals surface area contributed by atoms with E-state index in [0.717, 1.165) is 19.3 Å². The number of aliphatic hydroxyl groups excluding tert-OH is 1. The molecule has 1 aromatic rings. The van der Waals surface area contributed by atoms with E-state index >= 15 is 0 Å². The summed E-state index contributed by atoms with van der Waals surface area (Å²) in [7, 11) is 0. The quantitative estimate of drug-likeness (QED) is 0.834. The van der Waals surface area contributed by atoms with Gasteiger partial charge in [-0.05, 0) is 48.6 Å². The van der Waals surface area contributed by atoms with Crippen LogP contribution >= 0.6 is 0 Å². The molecular weight excluding hydrogens is 208 g/mol. The maximum atomic E-state index is 9.78. The summed E-state index contributed by atoms with van der Waals surface area (Å²) in [5.41, 5.74) is 2.82. The maximum Gasteiger partial charge on any atom is 0.0568 e. The molecule has 1 N–H and O–H groups in total. The molecule has 94 valence electrons. The molecule has 1 aromatic carbocycles. The van der Waals surface area contributed by atoms with Crippen LogP contribution in [0.1, 0.15) is 56.6 Å². The van der Waals surface area contributed by atoms with Crippen molar-refractivity contribution in [2.45, 2.75) is 58.0 Å². The second kappa shape index (κ2) is 5.68. The van der Waals surface area contributed by atoms with Crippen molar-refractivity contribution in [1.82, 2.24) is 0 Å². The van der Waals surface area contributed by atoms with Crippen LogP contribution < -0.4 is 0 Å². The minimum absolute atomic E-state index is 0.0371. The molecule has 1 heteroatoms. The Morgan fingerprint density at radius 2 is 1.88 bits per heavy atom. The fourth-order valence-corrected chi connectivity index (χ4v) is 2.78. The Hall–Kier alpha value is -0.820. The lowest BCUT2D eigenvalue weighted by Gasteiger charge is -2.14. The molecule has 1 nitrogen and oxygen atoms in total. The highest BCUT2D eigenvalue weighted by molar-refractivity contribution is 5.24. The van der Waals surface area contributed by atoms with Gasteiger partial charge in [0.2, 0.25) is 0 Å². The van der Waals surface area contributed by atoms with Crippen molar-refractivity contribution in [3.63, 3.8) is 0 Å². The minimum atomic E-state index is -0.0371. The molecule has 1 saturated carbocycles. The first-order valence-electron chi connectivity index (χ1n) is 6.93. The predicted molar refractivity (Wildman–Crippen MR) is 72.2 cm³/mol. The van der Waals surface area contributed by atoms with Crippen LogP contribution in [-0.4, -0.2) is 11.2 Å². The van der Waals surface area contributed by atoms with Crippen molar-refractivity contribution in [2.75, 3.05) is 0 Å². The Balaban J connectivity index is 1.86. The molecule has 0 spiro atoms. The van der Waals surface area contributed by atoms with E-state index in [0.29, 0.717) is 11.8 Å². The third-order valence-electron chi connectivity index (χ3n) is 4.07. The predicted octanol–water partition coefficient (Wildman–Crippen LogP) is 3.90. The molecule has 2 atom stereocenters. The first-order chi connectivity index (χ1) is 8.16. The SMILES string of the molecule is CC(C)c1ccc(CCC2CCCC2O)cc1. The van der Waals surface area contributed by atoms with Gasteiger partial charge < -0.3 is 5.11 Å². The normalized spacial score (nSPS) is 24.5. The van der Waals surface area contributed by atoms with E-state index in [1.165, 1.54) is 24.0 Å². The largest absolute Gasteiger partial charge is 0.393 e. The van der Waals surface area contributed by atoms with Crippen LogP contribution in [0.25, 0.3) is 0 Å². The summed E-state index contributed by atoms with van der Waals surface area (Å²) >= 11 is 0. The van der Waals surface area contributed by atoms with Gasteiger partial charge >= 0.3 is 0 Å². The van der Waals surface area contributed by atoms with E-state index in [-0.39, 0.29) is 6.10 Å². The van der Waals surface area contributed by atoms with Crippen molar-refractivity contribution in [1.29, 1.82) is 0 Å². The van der Waals surface area contributed by atoms with Crippen LogP contribution in [0.2, 0.25) is 0 Å². The van der Waals surface area contributed by atoms with Crippen LogP contribution in [0.3, 0.4) is 0 Å². The zero-order valence-corrected chi connectivity index (χ0v) is 11.0. The average Bonchev–Trinajstić information content (AvgIpc) is 2.73. The first kappa shape index (κ1) is 12.6. The second-order valence-corrected chi connectivity index (χ2v) is 5.69. The number of rotatable bonds is 4. The van der Waals surface area contributed by atoms with E-state index in [1.54, 1.807) is 0 Å². The molecule has 2 unspecified atom stereocenters. The number of hydrogen-bond donors (Lipinski definition) is 1. The monoisotopic (exact) mass is 232 g/mol. The zero-order chi connectivity index (χ0) is 12.3. The van der Waals surface area contributed by atoms with Crippen LogP contribution in [0.4, 0.5) is 0 Å². The topological polar surface area (TPSA) is 20.2 Å². The molecule has 0 radical (unpaired) electrons. The summed E-state index contributed by atoms with van der Waals surface area (Å²) in [5, 5.41) is 9.78. The van der Waals surface area contributed by atoms with Crippen LogP contribution in [0, 0.1) is 5.92 Å². The van der Waals surface area contributed by atoms with Gasteiger partial charge in [-0.1, -0.05) is 44.5 Å². The van der Waals surface area contributed by atoms with E-state index in [4.69, 9.17) is 0 Å². The average molecular weight is 232 g/mol. The van der Waals surface area contributed by atoms with E-state index in [1.807, 2.05) is 0 Å². The highest BCUT2D eigenvalue weighted by atomic mass is 16.3. The van der Waals surface area contributed by atoms with Gasteiger partial charge in [0.25, 0.3) is 0 Å². The molecule has 1 aliphatic rings. The van der Waals surface area contributed by atoms with Crippen molar-refractivity contribution in [3.8, 4) is 0 Å². The molecule has 0 aromatic heterocycles. The summed E-state index contributed by atoms with van der Waals surface area (Å²) in [5.74, 6) is 1.15. The highest BCUT2D eigenvalue weighted by Crippen LogP contribution is 2.29. The van der Waals surface area contributed by atoms with Gasteiger partial charge in [0.1, 0.15) is 0 Å². The first-order valence-corrected chi connectivity index (χ1v) is 6.93. The molecule has 1 fully saturated rings. The van der Waals surface area contributed by atoms with Crippen LogP contribution in [0.5, 0.6) is 0 Å². The Morgan fingerprint density at radius 3 is 2.41 bits per heavy atom. The molecule has 0 saturated heterocycles. The third kappa shape index (κ3) is 3.32. The molecular formula is C16H24O. The Kier molecular flexibility index (Phi) is 4.22. The Morgan fingerprint density at radius 1 is 1.18 bits per heavy atom. The number of hydrogen-bond acceptors (Lipinski definition) is 1. The molecule has 0 amide bonds. The lowest BCUT2D eigenvalue weighted by Crippen LogP contribution is -2.13. The molecule has 2 rings (SSSR count). The van der Waals surface area contributed by atoms with Crippen molar-refractivity contribution < 1.29 is 5.11 Å². The van der Waals surface area contributed by atoms with E-state index in [2.05, 4.69) is 38.1 Å². The van der Waals surface area contributed by atoms with Gasteiger partial charge in [-0.3, -0.25) is 0 Å². The summed E-state index contributed by atoms with van der Waals surface area (Å²) < 4.78 is 0. The minimum Gasteiger partial charge on any atom is -0.393 e. The fraction of sp³-hybridized carbons (Fsp3) is 0.625. The standard InChI is InChI=1S/C16H24O/c1-12(2)14-9-6-13(7-10-14)8-11-15-4-3-5-16(15)17/h6-7,9-10,12,15-17H,3-5,8,11H2,1-2H3. The highest BCUT2D eigenvalue weighted by Gasteiger charge is 2.24. The smallest absolute Gasteiger partial charge is 0.0568 e. The van der Waals surface area contributed by atoms with Crippen LogP contribution in [-0.2, 0) is 6.42 Å². The third-order valence-corrected chi connectivity index (χ3v) is 4.07. The maximum absolute atomic E-state index is 9.78. The van der Waals surface area contributed by atoms with Gasteiger partial charge in [-0.2, -0.15) is 0 Å². The number of aliphatic hydroxyl groups is 1. The Bertz CT molecular complexity index is 339. The summed E-state index contributed by atoms with van der Waals surface area (Å²) in [6, 6.07) is 8.98. The van der Waals surface area contributed by atoms with Gasteiger partial charge in [0.05, 0.1) is 6.10 Å². The van der Waals surface area contributed by atoms with Gasteiger partial charge in [-0.25, -0.2) is 0 Å². The molecule has 1 aliphatic carbocycles. The van der Waals surface area contributed by atoms with Crippen molar-refractivity contribution in [2.24, 2.45) is 5.92 Å². The molecule has 0 aliphatic heterocycles. The molecule has 0 bridgehead atoms. The van der Waals surface area contributed by atoms with Crippen molar-refractivity contribution in [3.05, 3.63) is 35.4 Å². The van der Waals surface area contributed by atoms with E-state index < -0.39 is 0 Å². The second-order valence-electron chi connectivity index (χ2n) is 5.69. The van der Waals surface area contributed by atoms with Gasteiger partial charge in [0, 0.05) is 0 Å². The molecule has 17 heavy (non-hydrogen) atoms. The van der Waals surface area contributed by atoms with Crippen LogP contribution in [0.15, 0.2) is 24.3 Å². The zero-order valence-electron chi connectivity index (χ0n) is 11.0. The summed E-state index contributed by atoms with van der Waals surface area (Å²) in [6.07, 6.45) is 5.65. The summed E-state index contributed by atoms with van der Waals surface area (Å²) in [4.78, 5) is 0. The summed E-state index contributed by atoms with van der Waals surface area (Å²) in [6.45, 7) is 4.45. The van der Waals surface area contributed by atoms with Crippen molar-refractivity contribution >= 4 is 0 Å². The van der Waals surface area contributed by atoms with Gasteiger partial charge in [0.15, 0.2) is 0 Å². The van der Waals surface area contributed by atoms with E-state index in [9.17, 15) is 5.11 Å². The fourth-order valence-electron chi connectivity index (χ4n) is 2.78. The number of aryl methyl sites for hydroxylation is 1. The molecule has 0 heterocycles. The Labute approximate surface area is 105 Å². The lowest BCUT2D eigenvalue weighted by atomic mass is 9.95. The number of benzene rings is 1.